The normalized spacial score (nSPS) is 13.4. The van der Waals surface area contributed by atoms with Crippen molar-refractivity contribution in [2.75, 3.05) is 6.26 Å². The van der Waals surface area contributed by atoms with Crippen LogP contribution < -0.4 is 5.73 Å². The average Bonchev–Trinajstić information content (AvgIpc) is 2.86. The summed E-state index contributed by atoms with van der Waals surface area (Å²) >= 11 is 0. The molecule has 0 spiro atoms. The van der Waals surface area contributed by atoms with Gasteiger partial charge in [0.05, 0.1) is 10.9 Å². The second-order valence-electron chi connectivity index (χ2n) is 4.48. The Morgan fingerprint density at radius 1 is 1.26 bits per heavy atom. The molecule has 1 aromatic heterocycles. The minimum atomic E-state index is -3.23. The van der Waals surface area contributed by atoms with Gasteiger partial charge in [-0.05, 0) is 29.8 Å². The number of aryl methyl sites for hydroxylation is 1. The van der Waals surface area contributed by atoms with Crippen LogP contribution in [-0.4, -0.2) is 14.7 Å². The molecule has 0 radical (unpaired) electrons. The van der Waals surface area contributed by atoms with E-state index >= 15 is 0 Å². The first-order valence-corrected chi connectivity index (χ1v) is 7.95. The molecule has 0 bridgehead atoms. The zero-order valence-electron chi connectivity index (χ0n) is 11.0. The van der Waals surface area contributed by atoms with Gasteiger partial charge in [-0.3, -0.25) is 0 Å². The first-order chi connectivity index (χ1) is 8.91. The summed E-state index contributed by atoms with van der Waals surface area (Å²) in [4.78, 5) is 0.266. The van der Waals surface area contributed by atoms with Gasteiger partial charge in [0, 0.05) is 12.7 Å². The van der Waals surface area contributed by atoms with Gasteiger partial charge in [-0.15, -0.1) is 0 Å². The van der Waals surface area contributed by atoms with Crippen LogP contribution in [0, 0.1) is 0 Å². The number of hydrogen-bond acceptors (Lipinski definition) is 4. The molecule has 1 unspecified atom stereocenters. The Bertz CT molecular complexity index is 674. The van der Waals surface area contributed by atoms with E-state index in [1.807, 2.05) is 19.1 Å². The molecule has 102 valence electrons. The van der Waals surface area contributed by atoms with Gasteiger partial charge in [0.15, 0.2) is 9.84 Å². The Labute approximate surface area is 113 Å². The number of sulfone groups is 1. The number of hydrogen-bond donors (Lipinski definition) is 1. The molecule has 2 rings (SSSR count). The Morgan fingerprint density at radius 2 is 2.00 bits per heavy atom. The summed E-state index contributed by atoms with van der Waals surface area (Å²) in [5, 5.41) is 0. The van der Waals surface area contributed by atoms with Crippen molar-refractivity contribution in [3.8, 4) is 0 Å². The highest BCUT2D eigenvalue weighted by atomic mass is 32.2. The van der Waals surface area contributed by atoms with Crippen LogP contribution in [0.5, 0.6) is 0 Å². The summed E-state index contributed by atoms with van der Waals surface area (Å²) in [6.45, 7) is 2.00. The minimum Gasteiger partial charge on any atom is -0.464 e. The molecule has 2 aromatic rings. The fraction of sp³-hybridized carbons (Fsp3) is 0.286. The SMILES string of the molecule is CCc1ccc(C(N)c2cccc(S(C)(=O)=O)c2)o1. The third-order valence-corrected chi connectivity index (χ3v) is 4.09. The second-order valence-corrected chi connectivity index (χ2v) is 6.50. The second kappa shape index (κ2) is 5.19. The Balaban J connectivity index is 2.36. The molecule has 0 amide bonds. The van der Waals surface area contributed by atoms with Crippen molar-refractivity contribution in [1.29, 1.82) is 0 Å². The molecular formula is C14H17NO3S. The summed E-state index contributed by atoms with van der Waals surface area (Å²) in [5.41, 5.74) is 6.83. The van der Waals surface area contributed by atoms with E-state index in [1.165, 1.54) is 6.26 Å². The van der Waals surface area contributed by atoms with Crippen molar-refractivity contribution >= 4 is 9.84 Å². The minimum absolute atomic E-state index is 0.266. The Morgan fingerprint density at radius 3 is 2.58 bits per heavy atom. The molecule has 0 saturated carbocycles. The fourth-order valence-corrected chi connectivity index (χ4v) is 2.53. The highest BCUT2D eigenvalue weighted by molar-refractivity contribution is 7.90. The molecule has 2 N–H and O–H groups in total. The number of benzene rings is 1. The topological polar surface area (TPSA) is 73.3 Å². The predicted molar refractivity (Wildman–Crippen MR) is 73.7 cm³/mol. The van der Waals surface area contributed by atoms with E-state index in [-0.39, 0.29) is 4.90 Å². The van der Waals surface area contributed by atoms with Crippen molar-refractivity contribution in [1.82, 2.24) is 0 Å². The Kier molecular flexibility index (Phi) is 3.78. The van der Waals surface area contributed by atoms with Gasteiger partial charge in [-0.2, -0.15) is 0 Å². The molecule has 19 heavy (non-hydrogen) atoms. The van der Waals surface area contributed by atoms with E-state index in [9.17, 15) is 8.42 Å². The van der Waals surface area contributed by atoms with Crippen LogP contribution in [0.15, 0.2) is 45.7 Å². The van der Waals surface area contributed by atoms with Gasteiger partial charge >= 0.3 is 0 Å². The summed E-state index contributed by atoms with van der Waals surface area (Å²) in [6.07, 6.45) is 1.98. The third kappa shape index (κ3) is 3.05. The molecule has 1 atom stereocenters. The van der Waals surface area contributed by atoms with E-state index in [1.54, 1.807) is 24.3 Å². The zero-order chi connectivity index (χ0) is 14.0. The lowest BCUT2D eigenvalue weighted by Crippen LogP contribution is -2.11. The van der Waals surface area contributed by atoms with Crippen LogP contribution in [0.3, 0.4) is 0 Å². The fourth-order valence-electron chi connectivity index (χ4n) is 1.85. The highest BCUT2D eigenvalue weighted by Gasteiger charge is 2.15. The molecular weight excluding hydrogens is 262 g/mol. The van der Waals surface area contributed by atoms with Crippen LogP contribution in [0.25, 0.3) is 0 Å². The van der Waals surface area contributed by atoms with E-state index < -0.39 is 15.9 Å². The number of furan rings is 1. The monoisotopic (exact) mass is 279 g/mol. The standard InChI is InChI=1S/C14H17NO3S/c1-3-11-7-8-13(18-11)14(15)10-5-4-6-12(9-10)19(2,16)17/h4-9,14H,3,15H2,1-2H3. The van der Waals surface area contributed by atoms with E-state index in [0.29, 0.717) is 5.76 Å². The summed E-state index contributed by atoms with van der Waals surface area (Å²) < 4.78 is 28.7. The smallest absolute Gasteiger partial charge is 0.175 e. The van der Waals surface area contributed by atoms with Crippen molar-refractivity contribution < 1.29 is 12.8 Å². The maximum Gasteiger partial charge on any atom is 0.175 e. The Hall–Kier alpha value is -1.59. The maximum absolute atomic E-state index is 11.5. The van der Waals surface area contributed by atoms with Crippen LogP contribution >= 0.6 is 0 Å². The molecule has 0 aliphatic carbocycles. The number of nitrogens with two attached hydrogens (primary N) is 1. The van der Waals surface area contributed by atoms with Gasteiger partial charge in [-0.25, -0.2) is 8.42 Å². The molecule has 1 aromatic carbocycles. The average molecular weight is 279 g/mol. The molecule has 0 aliphatic heterocycles. The number of rotatable bonds is 4. The van der Waals surface area contributed by atoms with Crippen LogP contribution in [0.4, 0.5) is 0 Å². The highest BCUT2D eigenvalue weighted by Crippen LogP contribution is 2.24. The third-order valence-electron chi connectivity index (χ3n) is 2.98. The first kappa shape index (κ1) is 13.8. The summed E-state index contributed by atoms with van der Waals surface area (Å²) in [5.74, 6) is 1.51. The molecule has 4 nitrogen and oxygen atoms in total. The van der Waals surface area contributed by atoms with Crippen LogP contribution in [0.1, 0.15) is 30.0 Å². The van der Waals surface area contributed by atoms with Gasteiger partial charge in [-0.1, -0.05) is 19.1 Å². The predicted octanol–water partition coefficient (Wildman–Crippen LogP) is 2.29. The van der Waals surface area contributed by atoms with E-state index in [2.05, 4.69) is 0 Å². The van der Waals surface area contributed by atoms with Gasteiger partial charge < -0.3 is 10.2 Å². The molecule has 0 fully saturated rings. The van der Waals surface area contributed by atoms with Crippen molar-refractivity contribution in [3.63, 3.8) is 0 Å². The molecule has 1 heterocycles. The van der Waals surface area contributed by atoms with Crippen molar-refractivity contribution in [3.05, 3.63) is 53.5 Å². The molecule has 0 saturated heterocycles. The molecule has 5 heteroatoms. The van der Waals surface area contributed by atoms with Crippen LogP contribution in [-0.2, 0) is 16.3 Å². The van der Waals surface area contributed by atoms with Gasteiger partial charge in [0.2, 0.25) is 0 Å². The van der Waals surface area contributed by atoms with Crippen LogP contribution in [0.2, 0.25) is 0 Å². The lowest BCUT2D eigenvalue weighted by molar-refractivity contribution is 0.453. The van der Waals surface area contributed by atoms with Crippen molar-refractivity contribution in [2.24, 2.45) is 5.73 Å². The largest absolute Gasteiger partial charge is 0.464 e. The maximum atomic E-state index is 11.5. The molecule has 0 aliphatic rings. The first-order valence-electron chi connectivity index (χ1n) is 6.06. The van der Waals surface area contributed by atoms with E-state index in [4.69, 9.17) is 10.2 Å². The quantitative estimate of drug-likeness (QED) is 0.932. The van der Waals surface area contributed by atoms with Gasteiger partial charge in [0.1, 0.15) is 11.5 Å². The zero-order valence-corrected chi connectivity index (χ0v) is 11.8. The lowest BCUT2D eigenvalue weighted by Gasteiger charge is -2.10. The summed E-state index contributed by atoms with van der Waals surface area (Å²) in [7, 11) is -3.23. The van der Waals surface area contributed by atoms with E-state index in [0.717, 1.165) is 17.7 Å². The lowest BCUT2D eigenvalue weighted by atomic mass is 10.1. The van der Waals surface area contributed by atoms with Crippen molar-refractivity contribution in [2.45, 2.75) is 24.3 Å². The van der Waals surface area contributed by atoms with Gasteiger partial charge in [0.25, 0.3) is 0 Å². The summed E-state index contributed by atoms with van der Waals surface area (Å²) in [6, 6.07) is 9.90.